The van der Waals surface area contributed by atoms with Gasteiger partial charge in [0.2, 0.25) is 0 Å². The summed E-state index contributed by atoms with van der Waals surface area (Å²) < 4.78 is 12.4. The van der Waals surface area contributed by atoms with E-state index in [9.17, 15) is 71.5 Å². The molecule has 0 radical (unpaired) electrons. The average molecular weight is 877 g/mol. The van der Waals surface area contributed by atoms with Gasteiger partial charge in [-0.25, -0.2) is 0 Å². The van der Waals surface area contributed by atoms with E-state index >= 15 is 0 Å². The molecule has 9 rings (SSSR count). The summed E-state index contributed by atoms with van der Waals surface area (Å²) in [7, 11) is 0. The largest absolute Gasteiger partial charge is 0.508 e. The summed E-state index contributed by atoms with van der Waals surface area (Å²) in [6.45, 7) is -0.829. The van der Waals surface area contributed by atoms with Crippen LogP contribution in [-0.2, 0) is 4.74 Å². The number of aromatic hydroxyl groups is 8. The number of rotatable bonds is 8. The molecular weight excluding hydrogens is 833 g/mol. The van der Waals surface area contributed by atoms with E-state index < -0.39 is 96.2 Å². The molecule has 64 heavy (non-hydrogen) atoms. The molecule has 1 fully saturated rings. The Morgan fingerprint density at radius 3 is 1.67 bits per heavy atom. The van der Waals surface area contributed by atoms with Crippen LogP contribution in [0.4, 0.5) is 0 Å². The van der Waals surface area contributed by atoms with E-state index in [2.05, 4.69) is 0 Å². The third-order valence-corrected chi connectivity index (χ3v) is 12.7. The van der Waals surface area contributed by atoms with Crippen molar-refractivity contribution in [2.24, 2.45) is 0 Å². The maximum atomic E-state index is 13.2. The molecular formula is C48H44O16. The number of ether oxygens (including phenoxy) is 2. The summed E-state index contributed by atoms with van der Waals surface area (Å²) in [5.74, 6) is -6.65. The van der Waals surface area contributed by atoms with Crippen molar-refractivity contribution in [2.45, 2.75) is 66.6 Å². The fourth-order valence-electron chi connectivity index (χ4n) is 9.86. The number of phenols is 8. The average Bonchev–Trinajstić information content (AvgIpc) is 3.58. The zero-order valence-electron chi connectivity index (χ0n) is 33.5. The third-order valence-electron chi connectivity index (χ3n) is 12.7. The SMILES string of the molecule is OC[C@@H]1O[C@@H](c2c(O)cc(O)cc2[C@@H](O)[C@H](c2ccc(O)cc2)c2c(O)cc3c4c2[C@@H](O)[C@@H](c2ccc(O)cc2)c2c(O)cc(O)cc2[C@H]4[C@H](c2ccc(O)cc2)O3)[C@@H](O)[C@H](O)[C@H]1O. The number of aliphatic hydroxyl groups is 6. The van der Waals surface area contributed by atoms with Crippen LogP contribution < -0.4 is 4.74 Å². The van der Waals surface area contributed by atoms with E-state index in [1.54, 1.807) is 12.1 Å². The molecule has 0 bridgehead atoms. The first-order valence-electron chi connectivity index (χ1n) is 20.3. The van der Waals surface area contributed by atoms with Gasteiger partial charge in [-0.2, -0.15) is 0 Å². The van der Waals surface area contributed by atoms with Crippen molar-refractivity contribution in [3.63, 3.8) is 0 Å². The first-order chi connectivity index (χ1) is 30.6. The van der Waals surface area contributed by atoms with E-state index in [1.165, 1.54) is 72.8 Å². The molecule has 0 aromatic heterocycles. The van der Waals surface area contributed by atoms with Gasteiger partial charge in [0.1, 0.15) is 88.4 Å². The van der Waals surface area contributed by atoms with Gasteiger partial charge in [-0.3, -0.25) is 0 Å². The predicted octanol–water partition coefficient (Wildman–Crippen LogP) is 4.16. The molecule has 3 aliphatic rings. The van der Waals surface area contributed by atoms with Crippen LogP contribution in [0.15, 0.2) is 103 Å². The van der Waals surface area contributed by atoms with Crippen molar-refractivity contribution in [3.05, 3.63) is 159 Å². The zero-order chi connectivity index (χ0) is 45.5. The molecule has 16 nitrogen and oxygen atoms in total. The Labute approximate surface area is 363 Å². The van der Waals surface area contributed by atoms with Crippen LogP contribution in [0.3, 0.4) is 0 Å². The molecule has 6 aromatic carbocycles. The van der Waals surface area contributed by atoms with Gasteiger partial charge < -0.3 is 81.0 Å². The molecule has 332 valence electrons. The highest BCUT2D eigenvalue weighted by Gasteiger charge is 2.51. The van der Waals surface area contributed by atoms with Gasteiger partial charge in [0.25, 0.3) is 0 Å². The predicted molar refractivity (Wildman–Crippen MR) is 224 cm³/mol. The van der Waals surface area contributed by atoms with E-state index in [4.69, 9.17) is 9.47 Å². The van der Waals surface area contributed by atoms with E-state index in [1.807, 2.05) is 0 Å². The van der Waals surface area contributed by atoms with Gasteiger partial charge in [0.05, 0.1) is 24.7 Å². The smallest absolute Gasteiger partial charge is 0.135 e. The van der Waals surface area contributed by atoms with Gasteiger partial charge in [-0.1, -0.05) is 36.4 Å². The Hall–Kier alpha value is -6.76. The summed E-state index contributed by atoms with van der Waals surface area (Å²) in [6.07, 6.45) is -13.6. The van der Waals surface area contributed by atoms with Crippen molar-refractivity contribution in [1.82, 2.24) is 0 Å². The minimum absolute atomic E-state index is 0.0228. The van der Waals surface area contributed by atoms with Gasteiger partial charge in [0, 0.05) is 52.3 Å². The second-order valence-corrected chi connectivity index (χ2v) is 16.5. The highest BCUT2D eigenvalue weighted by Crippen LogP contribution is 2.63. The first kappa shape index (κ1) is 42.5. The fraction of sp³-hybridized carbons (Fsp3) is 0.250. The van der Waals surface area contributed by atoms with Crippen LogP contribution >= 0.6 is 0 Å². The van der Waals surface area contributed by atoms with Gasteiger partial charge in [-0.15, -0.1) is 0 Å². The van der Waals surface area contributed by atoms with Crippen LogP contribution in [-0.4, -0.2) is 103 Å². The number of aliphatic hydroxyl groups excluding tert-OH is 6. The van der Waals surface area contributed by atoms with Crippen molar-refractivity contribution < 1.29 is 81.0 Å². The highest BCUT2D eigenvalue weighted by molar-refractivity contribution is 5.69. The molecule has 0 saturated carbocycles. The Morgan fingerprint density at radius 1 is 0.500 bits per heavy atom. The van der Waals surface area contributed by atoms with Crippen molar-refractivity contribution in [3.8, 4) is 51.7 Å². The second-order valence-electron chi connectivity index (χ2n) is 16.5. The van der Waals surface area contributed by atoms with Crippen molar-refractivity contribution in [2.75, 3.05) is 6.61 Å². The van der Waals surface area contributed by atoms with Crippen LogP contribution in [0, 0.1) is 0 Å². The molecule has 0 spiro atoms. The molecule has 16 heteroatoms. The Bertz CT molecular complexity index is 2720. The Morgan fingerprint density at radius 2 is 1.06 bits per heavy atom. The monoisotopic (exact) mass is 876 g/mol. The van der Waals surface area contributed by atoms with Gasteiger partial charge in [0.15, 0.2) is 0 Å². The molecule has 1 saturated heterocycles. The quantitative estimate of drug-likeness (QED) is 0.102. The van der Waals surface area contributed by atoms with E-state index in [0.717, 1.165) is 18.2 Å². The van der Waals surface area contributed by atoms with Crippen LogP contribution in [0.2, 0.25) is 0 Å². The van der Waals surface area contributed by atoms with Gasteiger partial charge >= 0.3 is 0 Å². The van der Waals surface area contributed by atoms with Gasteiger partial charge in [-0.05, 0) is 81.9 Å². The lowest BCUT2D eigenvalue weighted by Crippen LogP contribution is -2.55. The molecule has 0 amide bonds. The summed E-state index contributed by atoms with van der Waals surface area (Å²) in [4.78, 5) is 0. The van der Waals surface area contributed by atoms with Crippen LogP contribution in [0.5, 0.6) is 51.7 Å². The van der Waals surface area contributed by atoms with E-state index in [-0.39, 0.29) is 67.7 Å². The van der Waals surface area contributed by atoms with Crippen molar-refractivity contribution in [1.29, 1.82) is 0 Å². The molecule has 14 N–H and O–H groups in total. The highest BCUT2D eigenvalue weighted by atomic mass is 16.5. The lowest BCUT2D eigenvalue weighted by molar-refractivity contribution is -0.232. The molecule has 1 aliphatic carbocycles. The number of hydrogen-bond donors (Lipinski definition) is 14. The summed E-state index contributed by atoms with van der Waals surface area (Å²) in [5.41, 5.74) is 0.882. The maximum Gasteiger partial charge on any atom is 0.135 e. The summed E-state index contributed by atoms with van der Waals surface area (Å²) >= 11 is 0. The number of fused-ring (bicyclic) bond motifs is 2. The normalized spacial score (nSPS) is 25.7. The van der Waals surface area contributed by atoms with E-state index in [0.29, 0.717) is 16.7 Å². The fourth-order valence-corrected chi connectivity index (χ4v) is 9.86. The molecule has 2 aliphatic heterocycles. The molecule has 0 unspecified atom stereocenters. The molecule has 11 atom stereocenters. The Balaban J connectivity index is 1.35. The topological polar surface area (TPSA) is 302 Å². The van der Waals surface area contributed by atoms with Crippen molar-refractivity contribution >= 4 is 0 Å². The zero-order valence-corrected chi connectivity index (χ0v) is 33.5. The minimum Gasteiger partial charge on any atom is -0.508 e. The third kappa shape index (κ3) is 6.92. The van der Waals surface area contributed by atoms with Crippen LogP contribution in [0.25, 0.3) is 0 Å². The minimum atomic E-state index is -2.00. The summed E-state index contributed by atoms with van der Waals surface area (Å²) in [5, 5.41) is 158. The number of phenolic OH excluding ortho intramolecular Hbond substituents is 8. The standard InChI is InChI=1S/C48H44O16/c49-18-33-43(59)45(61)46(62)48(64-33)37-28(14-26(54)16-30(37)56)42(58)35(20-3-9-23(51)10-4-20)39-31(57)17-32-40-38(47(63-32)21-5-11-24(52)12-6-21)27-13-25(53)15-29(55)36(27)34(44(60)41(39)40)19-1-7-22(50)8-2-19/h1-17,33-35,38,42-62H,18H2/t33-,34-,35+,38+,42+,43-,44-,45+,46-,47-,48-/m0/s1. The Kier molecular flexibility index (Phi) is 10.7. The first-order valence-corrected chi connectivity index (χ1v) is 20.3. The molecule has 6 aromatic rings. The molecule has 2 heterocycles. The number of hydrogen-bond acceptors (Lipinski definition) is 16. The maximum absolute atomic E-state index is 13.2. The lowest BCUT2D eigenvalue weighted by Gasteiger charge is -2.41. The van der Waals surface area contributed by atoms with Crippen LogP contribution in [0.1, 0.15) is 97.8 Å². The summed E-state index contributed by atoms with van der Waals surface area (Å²) in [6, 6.07) is 23.1. The lowest BCUT2D eigenvalue weighted by atomic mass is 9.74. The number of benzene rings is 6. The second kappa shape index (κ2) is 16.1.